The van der Waals surface area contributed by atoms with Crippen molar-refractivity contribution in [2.45, 2.75) is 38.1 Å². The summed E-state index contributed by atoms with van der Waals surface area (Å²) in [7, 11) is 0. The maximum absolute atomic E-state index is 3.55. The van der Waals surface area contributed by atoms with Crippen molar-refractivity contribution >= 4 is 0 Å². The van der Waals surface area contributed by atoms with Gasteiger partial charge in [-0.05, 0) is 59.5 Å². The molecule has 1 saturated carbocycles. The molecule has 0 bridgehead atoms. The molecule has 2 aliphatic rings. The molecule has 0 atom stereocenters. The molecule has 0 radical (unpaired) electrons. The average molecular weight is 263 g/mol. The minimum Gasteiger partial charge on any atom is -0.314 e. The van der Waals surface area contributed by atoms with E-state index in [0.717, 1.165) is 24.9 Å². The largest absolute Gasteiger partial charge is 0.314 e. The quantitative estimate of drug-likeness (QED) is 0.749. The van der Waals surface area contributed by atoms with E-state index in [-0.39, 0.29) is 0 Å². The van der Waals surface area contributed by atoms with Crippen molar-refractivity contribution in [2.75, 3.05) is 6.54 Å². The summed E-state index contributed by atoms with van der Waals surface area (Å²) in [5, 5.41) is 3.55. The predicted molar refractivity (Wildman–Crippen MR) is 84.1 cm³/mol. The van der Waals surface area contributed by atoms with Crippen LogP contribution in [0.1, 0.15) is 42.4 Å². The van der Waals surface area contributed by atoms with Crippen LogP contribution in [0.25, 0.3) is 11.1 Å². The second-order valence-electron chi connectivity index (χ2n) is 6.17. The van der Waals surface area contributed by atoms with E-state index in [1.54, 1.807) is 5.56 Å². The van der Waals surface area contributed by atoms with Gasteiger partial charge in [0, 0.05) is 6.04 Å². The lowest BCUT2D eigenvalue weighted by Crippen LogP contribution is -2.39. The van der Waals surface area contributed by atoms with Crippen LogP contribution in [0.3, 0.4) is 0 Å². The molecule has 2 aromatic rings. The van der Waals surface area contributed by atoms with Gasteiger partial charge in [0.2, 0.25) is 0 Å². The predicted octanol–water partition coefficient (Wildman–Crippen LogP) is 4.11. The van der Waals surface area contributed by atoms with Crippen LogP contribution in [-0.4, -0.2) is 12.6 Å². The van der Waals surface area contributed by atoms with Crippen molar-refractivity contribution in [2.24, 2.45) is 0 Å². The fraction of sp³-hybridized carbons (Fsp3) is 0.368. The summed E-state index contributed by atoms with van der Waals surface area (Å²) in [4.78, 5) is 0. The van der Waals surface area contributed by atoms with Crippen LogP contribution in [0.15, 0.2) is 42.5 Å². The summed E-state index contributed by atoms with van der Waals surface area (Å²) < 4.78 is 0. The van der Waals surface area contributed by atoms with E-state index in [2.05, 4.69) is 54.7 Å². The van der Waals surface area contributed by atoms with E-state index in [9.17, 15) is 0 Å². The molecular formula is C19H21N. The zero-order valence-electron chi connectivity index (χ0n) is 12.0. The smallest absolute Gasteiger partial charge is 0.00786 e. The standard InChI is InChI=1S/C19H21N/c1-2-20-17-11-15(12-17)13-7-8-19-16(9-13)10-14-5-3-4-6-18(14)19/h3-9,15,17,20H,2,10-12H2,1H3. The third-order valence-corrected chi connectivity index (χ3v) is 4.92. The van der Waals surface area contributed by atoms with Gasteiger partial charge in [0.15, 0.2) is 0 Å². The number of fused-ring (bicyclic) bond motifs is 3. The molecule has 20 heavy (non-hydrogen) atoms. The molecule has 2 aromatic carbocycles. The zero-order valence-corrected chi connectivity index (χ0v) is 12.0. The summed E-state index contributed by atoms with van der Waals surface area (Å²) in [5.41, 5.74) is 7.44. The third kappa shape index (κ3) is 1.89. The van der Waals surface area contributed by atoms with Crippen molar-refractivity contribution in [3.05, 3.63) is 59.2 Å². The van der Waals surface area contributed by atoms with Gasteiger partial charge in [-0.25, -0.2) is 0 Å². The SMILES string of the molecule is CCNC1CC(c2ccc3c(c2)Cc2ccccc2-3)C1. The fourth-order valence-electron chi connectivity index (χ4n) is 3.76. The van der Waals surface area contributed by atoms with Gasteiger partial charge < -0.3 is 5.32 Å². The topological polar surface area (TPSA) is 12.0 Å². The van der Waals surface area contributed by atoms with E-state index in [1.165, 1.54) is 35.1 Å². The highest BCUT2D eigenvalue weighted by molar-refractivity contribution is 5.77. The van der Waals surface area contributed by atoms with Crippen LogP contribution in [0.2, 0.25) is 0 Å². The van der Waals surface area contributed by atoms with Crippen LogP contribution < -0.4 is 5.32 Å². The number of hydrogen-bond donors (Lipinski definition) is 1. The Kier molecular flexibility index (Phi) is 2.89. The Bertz CT molecular complexity index is 638. The highest BCUT2D eigenvalue weighted by atomic mass is 14.9. The molecule has 0 aliphatic heterocycles. The Morgan fingerprint density at radius 2 is 1.80 bits per heavy atom. The molecule has 0 heterocycles. The minimum absolute atomic E-state index is 0.746. The third-order valence-electron chi connectivity index (χ3n) is 4.92. The zero-order chi connectivity index (χ0) is 13.5. The number of rotatable bonds is 3. The van der Waals surface area contributed by atoms with Crippen LogP contribution in [0.4, 0.5) is 0 Å². The lowest BCUT2D eigenvalue weighted by atomic mass is 9.75. The highest BCUT2D eigenvalue weighted by Gasteiger charge is 2.30. The van der Waals surface area contributed by atoms with E-state index < -0.39 is 0 Å². The average Bonchev–Trinajstić information content (AvgIpc) is 2.79. The number of nitrogens with one attached hydrogen (secondary N) is 1. The van der Waals surface area contributed by atoms with Crippen LogP contribution in [0.5, 0.6) is 0 Å². The first-order valence-electron chi connectivity index (χ1n) is 7.79. The van der Waals surface area contributed by atoms with Gasteiger partial charge in [-0.15, -0.1) is 0 Å². The van der Waals surface area contributed by atoms with E-state index in [1.807, 2.05) is 0 Å². The molecule has 0 spiro atoms. The van der Waals surface area contributed by atoms with Crippen molar-refractivity contribution in [1.29, 1.82) is 0 Å². The van der Waals surface area contributed by atoms with Gasteiger partial charge in [0.1, 0.15) is 0 Å². The molecule has 1 nitrogen and oxygen atoms in total. The first kappa shape index (κ1) is 12.2. The molecule has 1 N–H and O–H groups in total. The van der Waals surface area contributed by atoms with Crippen molar-refractivity contribution in [3.63, 3.8) is 0 Å². The number of hydrogen-bond acceptors (Lipinski definition) is 1. The number of benzene rings is 2. The summed E-state index contributed by atoms with van der Waals surface area (Å²) in [5.74, 6) is 0.771. The fourth-order valence-corrected chi connectivity index (χ4v) is 3.76. The molecule has 1 heteroatoms. The Labute approximate surface area is 121 Å². The summed E-state index contributed by atoms with van der Waals surface area (Å²) in [6.07, 6.45) is 3.72. The minimum atomic E-state index is 0.746. The monoisotopic (exact) mass is 263 g/mol. The first-order valence-corrected chi connectivity index (χ1v) is 7.79. The van der Waals surface area contributed by atoms with Gasteiger partial charge in [-0.1, -0.05) is 49.4 Å². The van der Waals surface area contributed by atoms with Crippen LogP contribution >= 0.6 is 0 Å². The van der Waals surface area contributed by atoms with E-state index >= 15 is 0 Å². The molecule has 0 aromatic heterocycles. The van der Waals surface area contributed by atoms with Crippen molar-refractivity contribution in [1.82, 2.24) is 5.32 Å². The first-order chi connectivity index (χ1) is 9.85. The van der Waals surface area contributed by atoms with Crippen molar-refractivity contribution < 1.29 is 0 Å². The van der Waals surface area contributed by atoms with Gasteiger partial charge in [-0.3, -0.25) is 0 Å². The second kappa shape index (κ2) is 4.75. The van der Waals surface area contributed by atoms with Crippen LogP contribution in [0, 0.1) is 0 Å². The van der Waals surface area contributed by atoms with E-state index in [4.69, 9.17) is 0 Å². The molecule has 4 rings (SSSR count). The summed E-state index contributed by atoms with van der Waals surface area (Å²) in [6.45, 7) is 3.29. The van der Waals surface area contributed by atoms with Gasteiger partial charge in [0.25, 0.3) is 0 Å². The van der Waals surface area contributed by atoms with Crippen molar-refractivity contribution in [3.8, 4) is 11.1 Å². The maximum Gasteiger partial charge on any atom is 0.00786 e. The highest BCUT2D eigenvalue weighted by Crippen LogP contribution is 2.41. The summed E-state index contributed by atoms with van der Waals surface area (Å²) in [6, 6.07) is 16.7. The molecule has 0 saturated heterocycles. The lowest BCUT2D eigenvalue weighted by Gasteiger charge is -2.36. The molecular weight excluding hydrogens is 242 g/mol. The molecule has 0 amide bonds. The second-order valence-corrected chi connectivity index (χ2v) is 6.17. The molecule has 102 valence electrons. The summed E-state index contributed by atoms with van der Waals surface area (Å²) >= 11 is 0. The normalized spacial score (nSPS) is 23.1. The van der Waals surface area contributed by atoms with Gasteiger partial charge in [-0.2, -0.15) is 0 Å². The molecule has 0 unspecified atom stereocenters. The van der Waals surface area contributed by atoms with Crippen LogP contribution in [-0.2, 0) is 6.42 Å². The Morgan fingerprint density at radius 3 is 2.65 bits per heavy atom. The lowest BCUT2D eigenvalue weighted by molar-refractivity contribution is 0.296. The van der Waals surface area contributed by atoms with Gasteiger partial charge >= 0.3 is 0 Å². The van der Waals surface area contributed by atoms with Gasteiger partial charge in [0.05, 0.1) is 0 Å². The van der Waals surface area contributed by atoms with E-state index in [0.29, 0.717) is 0 Å². The maximum atomic E-state index is 3.55. The Hall–Kier alpha value is -1.60. The Balaban J connectivity index is 1.57. The molecule has 2 aliphatic carbocycles. The Morgan fingerprint density at radius 1 is 1.00 bits per heavy atom. The molecule has 1 fully saturated rings.